The summed E-state index contributed by atoms with van der Waals surface area (Å²) in [5.41, 5.74) is 1.30. The molecule has 2 fully saturated rings. The molecule has 19 heavy (non-hydrogen) atoms. The number of nitrogens with one attached hydrogen (secondary N) is 1. The van der Waals surface area contributed by atoms with Gasteiger partial charge in [0.1, 0.15) is 23.0 Å². The Kier molecular flexibility index (Phi) is 2.42. The van der Waals surface area contributed by atoms with E-state index in [1.807, 2.05) is 0 Å². The number of furan rings is 1. The maximum atomic E-state index is 14.0. The Morgan fingerprint density at radius 1 is 1.16 bits per heavy atom. The van der Waals surface area contributed by atoms with Gasteiger partial charge in [-0.1, -0.05) is 0 Å². The molecular weight excluding hydrogens is 248 g/mol. The van der Waals surface area contributed by atoms with Crippen LogP contribution in [0.4, 0.5) is 8.78 Å². The molecule has 0 radical (unpaired) electrons. The smallest absolute Gasteiger partial charge is 0.140 e. The van der Waals surface area contributed by atoms with E-state index in [-0.39, 0.29) is 0 Å². The summed E-state index contributed by atoms with van der Waals surface area (Å²) in [5.74, 6) is 0.0900. The largest absolute Gasteiger partial charge is 0.459 e. The summed E-state index contributed by atoms with van der Waals surface area (Å²) in [6, 6.07) is 2.80. The maximum absolute atomic E-state index is 14.0. The Morgan fingerprint density at radius 2 is 1.95 bits per heavy atom. The second-order valence-corrected chi connectivity index (χ2v) is 5.63. The van der Waals surface area contributed by atoms with Crippen LogP contribution in [0.25, 0.3) is 11.0 Å². The lowest BCUT2D eigenvalue weighted by Gasteiger charge is -2.03. The van der Waals surface area contributed by atoms with Crippen molar-refractivity contribution in [3.63, 3.8) is 0 Å². The van der Waals surface area contributed by atoms with Gasteiger partial charge in [-0.15, -0.1) is 0 Å². The van der Waals surface area contributed by atoms with Crippen LogP contribution in [-0.2, 0) is 6.54 Å². The number of benzene rings is 1. The molecule has 0 atom stereocenters. The molecule has 0 saturated heterocycles. The van der Waals surface area contributed by atoms with Gasteiger partial charge in [-0.3, -0.25) is 0 Å². The Bertz CT molecular complexity index is 641. The van der Waals surface area contributed by atoms with Crippen LogP contribution in [0.1, 0.15) is 42.9 Å². The molecule has 1 aromatic heterocycles. The van der Waals surface area contributed by atoms with Crippen LogP contribution in [0.15, 0.2) is 16.5 Å². The van der Waals surface area contributed by atoms with Gasteiger partial charge in [0.25, 0.3) is 0 Å². The molecule has 2 saturated carbocycles. The van der Waals surface area contributed by atoms with Crippen molar-refractivity contribution in [1.82, 2.24) is 5.32 Å². The van der Waals surface area contributed by atoms with E-state index in [9.17, 15) is 8.78 Å². The third kappa shape index (κ3) is 2.04. The lowest BCUT2D eigenvalue weighted by molar-refractivity contribution is 0.504. The standard InChI is InChI=1S/C15H15F2NO/c16-9-5-11(17)15-12(6-9)19-13(7-18-10-3-4-10)14(15)8-1-2-8/h5-6,8,10,18H,1-4,7H2. The summed E-state index contributed by atoms with van der Waals surface area (Å²) in [7, 11) is 0. The zero-order chi connectivity index (χ0) is 13.0. The van der Waals surface area contributed by atoms with Crippen LogP contribution in [0, 0.1) is 11.6 Å². The zero-order valence-corrected chi connectivity index (χ0v) is 10.5. The first-order chi connectivity index (χ1) is 9.22. The summed E-state index contributed by atoms with van der Waals surface area (Å²) in [4.78, 5) is 0. The lowest BCUT2D eigenvalue weighted by atomic mass is 10.1. The van der Waals surface area contributed by atoms with Crippen molar-refractivity contribution in [1.29, 1.82) is 0 Å². The molecule has 4 heteroatoms. The van der Waals surface area contributed by atoms with Crippen molar-refractivity contribution in [2.45, 2.75) is 44.2 Å². The number of hydrogen-bond donors (Lipinski definition) is 1. The van der Waals surface area contributed by atoms with Gasteiger partial charge >= 0.3 is 0 Å². The fourth-order valence-corrected chi connectivity index (χ4v) is 2.68. The van der Waals surface area contributed by atoms with Crippen molar-refractivity contribution in [2.75, 3.05) is 0 Å². The average Bonchev–Trinajstić information content (AvgIpc) is 3.25. The fraction of sp³-hybridized carbons (Fsp3) is 0.467. The molecule has 2 nitrogen and oxygen atoms in total. The summed E-state index contributed by atoms with van der Waals surface area (Å²) in [5, 5.41) is 3.86. The maximum Gasteiger partial charge on any atom is 0.140 e. The highest BCUT2D eigenvalue weighted by molar-refractivity contribution is 5.84. The Hall–Kier alpha value is -1.42. The van der Waals surface area contributed by atoms with Crippen LogP contribution >= 0.6 is 0 Å². The van der Waals surface area contributed by atoms with Crippen molar-refractivity contribution in [3.8, 4) is 0 Å². The molecular formula is C15H15F2NO. The van der Waals surface area contributed by atoms with Crippen LogP contribution in [0.2, 0.25) is 0 Å². The molecule has 0 unspecified atom stereocenters. The molecule has 1 N–H and O–H groups in total. The van der Waals surface area contributed by atoms with E-state index in [1.165, 1.54) is 18.9 Å². The molecule has 0 spiro atoms. The van der Waals surface area contributed by atoms with Crippen molar-refractivity contribution in [2.24, 2.45) is 0 Å². The van der Waals surface area contributed by atoms with Gasteiger partial charge in [-0.25, -0.2) is 8.78 Å². The van der Waals surface area contributed by atoms with Crippen molar-refractivity contribution < 1.29 is 13.2 Å². The third-order valence-electron chi connectivity index (χ3n) is 3.94. The van der Waals surface area contributed by atoms with Crippen LogP contribution in [-0.4, -0.2) is 6.04 Å². The summed E-state index contributed by atoms with van der Waals surface area (Å²) in [6.45, 7) is 0.617. The minimum Gasteiger partial charge on any atom is -0.459 e. The van der Waals surface area contributed by atoms with Gasteiger partial charge in [-0.05, 0) is 31.6 Å². The van der Waals surface area contributed by atoms with E-state index >= 15 is 0 Å². The van der Waals surface area contributed by atoms with E-state index in [2.05, 4.69) is 5.32 Å². The van der Waals surface area contributed by atoms with Crippen LogP contribution < -0.4 is 5.32 Å². The monoisotopic (exact) mass is 263 g/mol. The van der Waals surface area contributed by atoms with E-state index < -0.39 is 11.6 Å². The molecule has 2 aliphatic rings. The molecule has 100 valence electrons. The van der Waals surface area contributed by atoms with Gasteiger partial charge < -0.3 is 9.73 Å². The van der Waals surface area contributed by atoms with Crippen LogP contribution in [0.5, 0.6) is 0 Å². The van der Waals surface area contributed by atoms with Gasteiger partial charge in [-0.2, -0.15) is 0 Å². The first kappa shape index (κ1) is 11.4. The number of rotatable bonds is 4. The predicted molar refractivity (Wildman–Crippen MR) is 68.0 cm³/mol. The van der Waals surface area contributed by atoms with Gasteiger partial charge in [0.2, 0.25) is 0 Å². The van der Waals surface area contributed by atoms with E-state index in [0.717, 1.165) is 30.2 Å². The lowest BCUT2D eigenvalue weighted by Crippen LogP contribution is -2.15. The molecule has 2 aromatic rings. The normalized spacial score (nSPS) is 19.3. The second-order valence-electron chi connectivity index (χ2n) is 5.63. The SMILES string of the molecule is Fc1cc(F)c2c(C3CC3)c(CNC3CC3)oc2c1. The highest BCUT2D eigenvalue weighted by atomic mass is 19.1. The van der Waals surface area contributed by atoms with Gasteiger partial charge in [0, 0.05) is 23.7 Å². The molecule has 0 bridgehead atoms. The molecule has 1 heterocycles. The van der Waals surface area contributed by atoms with E-state index in [4.69, 9.17) is 4.42 Å². The first-order valence-electron chi connectivity index (χ1n) is 6.86. The van der Waals surface area contributed by atoms with Crippen molar-refractivity contribution >= 4 is 11.0 Å². The molecule has 2 aliphatic carbocycles. The predicted octanol–water partition coefficient (Wildman–Crippen LogP) is 3.84. The minimum absolute atomic E-state index is 0.340. The quantitative estimate of drug-likeness (QED) is 0.906. The second kappa shape index (κ2) is 4.04. The molecule has 4 rings (SSSR count). The highest BCUT2D eigenvalue weighted by Crippen LogP contribution is 2.47. The van der Waals surface area contributed by atoms with E-state index in [0.29, 0.717) is 29.5 Å². The Balaban J connectivity index is 1.81. The molecule has 0 aliphatic heterocycles. The highest BCUT2D eigenvalue weighted by Gasteiger charge is 2.33. The van der Waals surface area contributed by atoms with Crippen LogP contribution in [0.3, 0.4) is 0 Å². The van der Waals surface area contributed by atoms with Gasteiger partial charge in [0.05, 0.1) is 11.9 Å². The van der Waals surface area contributed by atoms with E-state index in [1.54, 1.807) is 0 Å². The molecule has 0 amide bonds. The summed E-state index contributed by atoms with van der Waals surface area (Å²) in [6.07, 6.45) is 4.54. The number of hydrogen-bond acceptors (Lipinski definition) is 2. The average molecular weight is 263 g/mol. The minimum atomic E-state index is -0.581. The fourth-order valence-electron chi connectivity index (χ4n) is 2.68. The first-order valence-corrected chi connectivity index (χ1v) is 6.86. The van der Waals surface area contributed by atoms with Gasteiger partial charge in [0.15, 0.2) is 0 Å². The zero-order valence-electron chi connectivity index (χ0n) is 10.5. The summed E-state index contributed by atoms with van der Waals surface area (Å²) < 4.78 is 33.0. The number of fused-ring (bicyclic) bond motifs is 1. The summed E-state index contributed by atoms with van der Waals surface area (Å²) >= 11 is 0. The Labute approximate surface area is 109 Å². The Morgan fingerprint density at radius 3 is 2.63 bits per heavy atom. The number of halogens is 2. The van der Waals surface area contributed by atoms with Crippen molar-refractivity contribution in [3.05, 3.63) is 35.1 Å². The third-order valence-corrected chi connectivity index (χ3v) is 3.94. The topological polar surface area (TPSA) is 25.2 Å². The molecule has 1 aromatic carbocycles.